The molecule has 0 radical (unpaired) electrons. The molecule has 1 amide bonds. The molecule has 4 nitrogen and oxygen atoms in total. The minimum Gasteiger partial charge on any atom is -0.393 e. The lowest BCUT2D eigenvalue weighted by Gasteiger charge is -2.39. The van der Waals surface area contributed by atoms with Crippen LogP contribution in [0.3, 0.4) is 0 Å². The van der Waals surface area contributed by atoms with Gasteiger partial charge in [0.1, 0.15) is 0 Å². The normalized spacial score (nSPS) is 22.8. The van der Waals surface area contributed by atoms with Crippen LogP contribution in [-0.2, 0) is 4.79 Å². The minimum atomic E-state index is 0.0603. The third-order valence-electron chi connectivity index (χ3n) is 2.85. The summed E-state index contributed by atoms with van der Waals surface area (Å²) in [6.45, 7) is 7.85. The van der Waals surface area contributed by atoms with E-state index in [1.54, 1.807) is 0 Å². The second-order valence-corrected chi connectivity index (χ2v) is 4.48. The molecule has 15 heavy (non-hydrogen) atoms. The summed E-state index contributed by atoms with van der Waals surface area (Å²) >= 11 is 4.74. The van der Waals surface area contributed by atoms with Gasteiger partial charge in [-0.2, -0.15) is 0 Å². The zero-order valence-corrected chi connectivity index (χ0v) is 10.2. The Hall–Kier alpha value is -0.680. The van der Waals surface area contributed by atoms with Crippen molar-refractivity contribution in [2.45, 2.75) is 26.3 Å². The van der Waals surface area contributed by atoms with E-state index < -0.39 is 0 Å². The molecule has 5 heteroatoms. The third kappa shape index (κ3) is 3.43. The molecule has 2 N–H and O–H groups in total. The van der Waals surface area contributed by atoms with Gasteiger partial charge in [-0.3, -0.25) is 9.69 Å². The summed E-state index contributed by atoms with van der Waals surface area (Å²) in [6, 6.07) is 0.430. The summed E-state index contributed by atoms with van der Waals surface area (Å²) in [5.41, 5.74) is 5.36. The molecule has 0 saturated carbocycles. The van der Waals surface area contributed by atoms with Crippen LogP contribution in [-0.4, -0.2) is 52.9 Å². The molecule has 0 aromatic heterocycles. The van der Waals surface area contributed by atoms with E-state index in [1.807, 2.05) is 4.90 Å². The van der Waals surface area contributed by atoms with E-state index in [-0.39, 0.29) is 17.3 Å². The quantitative estimate of drug-likeness (QED) is 0.703. The molecule has 0 aromatic rings. The first-order valence-electron chi connectivity index (χ1n) is 5.34. The zero-order chi connectivity index (χ0) is 11.4. The van der Waals surface area contributed by atoms with Gasteiger partial charge in [0.05, 0.1) is 11.4 Å². The average Bonchev–Trinajstić information content (AvgIpc) is 2.16. The van der Waals surface area contributed by atoms with Crippen molar-refractivity contribution in [1.82, 2.24) is 9.80 Å². The molecule has 86 valence electrons. The van der Waals surface area contributed by atoms with E-state index >= 15 is 0 Å². The monoisotopic (exact) mass is 229 g/mol. The van der Waals surface area contributed by atoms with Crippen LogP contribution in [0.2, 0.25) is 0 Å². The summed E-state index contributed by atoms with van der Waals surface area (Å²) in [6.07, 6.45) is 0.203. The number of piperazine rings is 1. The molecule has 1 heterocycles. The lowest BCUT2D eigenvalue weighted by Crippen LogP contribution is -2.53. The fourth-order valence-corrected chi connectivity index (χ4v) is 2.08. The number of hydrogen-bond donors (Lipinski definition) is 1. The molecule has 1 unspecified atom stereocenters. The van der Waals surface area contributed by atoms with Gasteiger partial charge in [0.2, 0.25) is 5.91 Å². The molecule has 1 fully saturated rings. The van der Waals surface area contributed by atoms with Crippen LogP contribution in [0.25, 0.3) is 0 Å². The predicted molar refractivity (Wildman–Crippen MR) is 64.7 cm³/mol. The molecular formula is C10H19N3OS. The molecule has 1 aliphatic heterocycles. The van der Waals surface area contributed by atoms with Crippen molar-refractivity contribution in [1.29, 1.82) is 0 Å². The molecule has 1 aliphatic rings. The van der Waals surface area contributed by atoms with Gasteiger partial charge in [-0.1, -0.05) is 19.1 Å². The van der Waals surface area contributed by atoms with Gasteiger partial charge >= 0.3 is 0 Å². The van der Waals surface area contributed by atoms with Crippen molar-refractivity contribution >= 4 is 23.1 Å². The highest BCUT2D eigenvalue weighted by Crippen LogP contribution is 2.09. The lowest BCUT2D eigenvalue weighted by atomic mass is 10.2. The minimum absolute atomic E-state index is 0.0603. The maximum Gasteiger partial charge on any atom is 0.229 e. The molecule has 1 atom stereocenters. The Labute approximate surface area is 96.4 Å². The van der Waals surface area contributed by atoms with E-state index in [0.29, 0.717) is 6.04 Å². The first kappa shape index (κ1) is 12.4. The molecule has 0 aliphatic carbocycles. The summed E-state index contributed by atoms with van der Waals surface area (Å²) < 4.78 is 0. The SMILES string of the molecule is CCN1CCN(C(=O)CC(N)=S)CC1C. The van der Waals surface area contributed by atoms with Crippen LogP contribution in [0.4, 0.5) is 0 Å². The molecule has 1 rings (SSSR count). The Bertz CT molecular complexity index is 257. The predicted octanol–water partition coefficient (Wildman–Crippen LogP) is 0.215. The van der Waals surface area contributed by atoms with E-state index in [9.17, 15) is 4.79 Å². The first-order valence-corrected chi connectivity index (χ1v) is 5.75. The van der Waals surface area contributed by atoms with Crippen LogP contribution in [0, 0.1) is 0 Å². The highest BCUT2D eigenvalue weighted by molar-refractivity contribution is 7.80. The number of nitrogens with two attached hydrogens (primary N) is 1. The van der Waals surface area contributed by atoms with Gasteiger partial charge in [-0.15, -0.1) is 0 Å². The van der Waals surface area contributed by atoms with Gasteiger partial charge in [0, 0.05) is 25.7 Å². The van der Waals surface area contributed by atoms with Crippen molar-refractivity contribution in [3.63, 3.8) is 0 Å². The van der Waals surface area contributed by atoms with Crippen LogP contribution >= 0.6 is 12.2 Å². The Balaban J connectivity index is 2.46. The second kappa shape index (κ2) is 5.42. The van der Waals surface area contributed by atoms with Crippen molar-refractivity contribution in [2.24, 2.45) is 5.73 Å². The van der Waals surface area contributed by atoms with Crippen molar-refractivity contribution < 1.29 is 4.79 Å². The largest absolute Gasteiger partial charge is 0.393 e. The van der Waals surface area contributed by atoms with Gasteiger partial charge in [0.15, 0.2) is 0 Å². The molecule has 0 bridgehead atoms. The summed E-state index contributed by atoms with van der Waals surface area (Å²) in [7, 11) is 0. The first-order chi connectivity index (χ1) is 7.04. The number of carbonyl (C=O) groups is 1. The molecule has 0 spiro atoms. The zero-order valence-electron chi connectivity index (χ0n) is 9.40. The number of nitrogens with zero attached hydrogens (tertiary/aromatic N) is 2. The van der Waals surface area contributed by atoms with Gasteiger partial charge in [-0.05, 0) is 13.5 Å². The maximum atomic E-state index is 11.7. The smallest absolute Gasteiger partial charge is 0.229 e. The van der Waals surface area contributed by atoms with Gasteiger partial charge in [0.25, 0.3) is 0 Å². The lowest BCUT2D eigenvalue weighted by molar-refractivity contribution is -0.132. The fraction of sp³-hybridized carbons (Fsp3) is 0.800. The second-order valence-electron chi connectivity index (χ2n) is 3.96. The van der Waals surface area contributed by atoms with Crippen molar-refractivity contribution in [3.05, 3.63) is 0 Å². The van der Waals surface area contributed by atoms with Crippen LogP contribution in [0.1, 0.15) is 20.3 Å². The number of carbonyl (C=O) groups excluding carboxylic acids is 1. The average molecular weight is 229 g/mol. The number of rotatable bonds is 3. The van der Waals surface area contributed by atoms with Gasteiger partial charge in [-0.25, -0.2) is 0 Å². The topological polar surface area (TPSA) is 49.6 Å². The summed E-state index contributed by atoms with van der Waals surface area (Å²) in [4.78, 5) is 16.2. The maximum absolute atomic E-state index is 11.7. The highest BCUT2D eigenvalue weighted by Gasteiger charge is 2.25. The van der Waals surface area contributed by atoms with E-state index in [0.717, 1.165) is 26.2 Å². The Morgan fingerprint density at radius 2 is 2.20 bits per heavy atom. The van der Waals surface area contributed by atoms with Crippen molar-refractivity contribution in [2.75, 3.05) is 26.2 Å². The van der Waals surface area contributed by atoms with Gasteiger partial charge < -0.3 is 10.6 Å². The van der Waals surface area contributed by atoms with Crippen LogP contribution in [0.15, 0.2) is 0 Å². The number of hydrogen-bond acceptors (Lipinski definition) is 3. The van der Waals surface area contributed by atoms with E-state index in [2.05, 4.69) is 18.7 Å². The Morgan fingerprint density at radius 1 is 1.53 bits per heavy atom. The van der Waals surface area contributed by atoms with E-state index in [1.165, 1.54) is 0 Å². The standard InChI is InChI=1S/C10H19N3OS/c1-3-12-4-5-13(7-8(12)2)10(14)6-9(11)15/h8H,3-7H2,1-2H3,(H2,11,15). The van der Waals surface area contributed by atoms with Crippen LogP contribution in [0.5, 0.6) is 0 Å². The summed E-state index contributed by atoms with van der Waals surface area (Å²) in [5.74, 6) is 0.0603. The van der Waals surface area contributed by atoms with Crippen molar-refractivity contribution in [3.8, 4) is 0 Å². The Kier molecular flexibility index (Phi) is 4.47. The molecular weight excluding hydrogens is 210 g/mol. The molecule has 1 saturated heterocycles. The third-order valence-corrected chi connectivity index (χ3v) is 2.99. The number of thiocarbonyl (C=S) groups is 1. The van der Waals surface area contributed by atoms with Crippen LogP contribution < -0.4 is 5.73 Å². The fourth-order valence-electron chi connectivity index (χ4n) is 1.95. The Morgan fingerprint density at radius 3 is 2.67 bits per heavy atom. The highest BCUT2D eigenvalue weighted by atomic mass is 32.1. The van der Waals surface area contributed by atoms with E-state index in [4.69, 9.17) is 18.0 Å². The number of likely N-dealkylation sites (N-methyl/N-ethyl adjacent to an activating group) is 1. The molecule has 0 aromatic carbocycles. The summed E-state index contributed by atoms with van der Waals surface area (Å²) in [5, 5.41) is 0. The number of amides is 1.